The second-order valence-corrected chi connectivity index (χ2v) is 5.28. The monoisotopic (exact) mass is 300 g/mol. The van der Waals surface area contributed by atoms with Gasteiger partial charge in [-0.1, -0.05) is 42.2 Å². The number of nitrogens with one attached hydrogen (secondary N) is 2. The molecule has 0 saturated carbocycles. The highest BCUT2D eigenvalue weighted by Gasteiger charge is 2.02. The van der Waals surface area contributed by atoms with Crippen LogP contribution in [0.4, 0.5) is 4.79 Å². The molecule has 0 unspecified atom stereocenters. The Morgan fingerprint density at radius 2 is 1.95 bits per heavy atom. The van der Waals surface area contributed by atoms with Crippen LogP contribution >= 0.6 is 11.3 Å². The highest BCUT2D eigenvalue weighted by atomic mass is 32.1. The first-order valence-corrected chi connectivity index (χ1v) is 7.38. The molecule has 3 N–H and O–H groups in total. The number of aliphatic hydroxyl groups excluding tert-OH is 1. The Bertz CT molecular complexity index is 641. The van der Waals surface area contributed by atoms with Gasteiger partial charge in [0, 0.05) is 22.4 Å². The van der Waals surface area contributed by atoms with Crippen LogP contribution in [0.15, 0.2) is 41.8 Å². The number of carbonyl (C=O) groups excluding carboxylic acids is 1. The second-order valence-electron chi connectivity index (χ2n) is 4.28. The van der Waals surface area contributed by atoms with E-state index >= 15 is 0 Å². The molecule has 0 spiro atoms. The molecule has 0 fully saturated rings. The number of aliphatic hydroxyl groups is 1. The van der Waals surface area contributed by atoms with E-state index in [-0.39, 0.29) is 12.6 Å². The number of rotatable bonds is 4. The number of carbonyl (C=O) groups is 1. The lowest BCUT2D eigenvalue weighted by Gasteiger charge is -2.06. The number of amides is 2. The summed E-state index contributed by atoms with van der Waals surface area (Å²) in [6.07, 6.45) is 0. The van der Waals surface area contributed by atoms with E-state index in [1.807, 2.05) is 41.8 Å². The fraction of sp³-hybridized carbons (Fsp3) is 0.188. The van der Waals surface area contributed by atoms with Crippen LogP contribution in [0.3, 0.4) is 0 Å². The molecule has 0 saturated heterocycles. The molecule has 0 aliphatic carbocycles. The third kappa shape index (κ3) is 5.30. The minimum absolute atomic E-state index is 0.147. The van der Waals surface area contributed by atoms with Gasteiger partial charge in [-0.3, -0.25) is 0 Å². The van der Waals surface area contributed by atoms with Crippen LogP contribution in [-0.2, 0) is 13.1 Å². The fourth-order valence-electron chi connectivity index (χ4n) is 1.69. The SMILES string of the molecule is O=C(NCc1ccccc1)NCc1cc(C#CCO)cs1. The lowest BCUT2D eigenvalue weighted by molar-refractivity contribution is 0.240. The zero-order valence-electron chi connectivity index (χ0n) is 11.4. The second kappa shape index (κ2) is 8.10. The van der Waals surface area contributed by atoms with E-state index in [1.165, 1.54) is 11.3 Å². The highest BCUT2D eigenvalue weighted by molar-refractivity contribution is 7.10. The van der Waals surface area contributed by atoms with Gasteiger partial charge in [0.2, 0.25) is 0 Å². The molecule has 1 aromatic carbocycles. The maximum absolute atomic E-state index is 11.7. The van der Waals surface area contributed by atoms with Crippen molar-refractivity contribution in [3.05, 3.63) is 57.8 Å². The Kier molecular flexibility index (Phi) is 5.83. The smallest absolute Gasteiger partial charge is 0.315 e. The zero-order valence-corrected chi connectivity index (χ0v) is 12.2. The number of thiophene rings is 1. The molecular weight excluding hydrogens is 284 g/mol. The normalized spacial score (nSPS) is 9.57. The van der Waals surface area contributed by atoms with Crippen LogP contribution < -0.4 is 10.6 Å². The number of benzene rings is 1. The van der Waals surface area contributed by atoms with Gasteiger partial charge in [-0.15, -0.1) is 11.3 Å². The van der Waals surface area contributed by atoms with Crippen LogP contribution in [0.25, 0.3) is 0 Å². The summed E-state index contributed by atoms with van der Waals surface area (Å²) in [6, 6.07) is 11.5. The molecule has 1 heterocycles. The minimum atomic E-state index is -0.199. The lowest BCUT2D eigenvalue weighted by Crippen LogP contribution is -2.34. The van der Waals surface area contributed by atoms with Crippen molar-refractivity contribution in [1.29, 1.82) is 0 Å². The largest absolute Gasteiger partial charge is 0.384 e. The summed E-state index contributed by atoms with van der Waals surface area (Å²) in [4.78, 5) is 12.7. The fourth-order valence-corrected chi connectivity index (χ4v) is 2.44. The molecule has 108 valence electrons. The molecule has 4 nitrogen and oxygen atoms in total. The van der Waals surface area contributed by atoms with Gasteiger partial charge in [0.05, 0.1) is 6.54 Å². The highest BCUT2D eigenvalue weighted by Crippen LogP contribution is 2.13. The summed E-state index contributed by atoms with van der Waals surface area (Å²) in [5.41, 5.74) is 1.92. The van der Waals surface area contributed by atoms with E-state index < -0.39 is 0 Å². The van der Waals surface area contributed by atoms with E-state index in [0.29, 0.717) is 13.1 Å². The molecule has 2 rings (SSSR count). The molecule has 0 bridgehead atoms. The number of hydrogen-bond donors (Lipinski definition) is 3. The predicted molar refractivity (Wildman–Crippen MR) is 83.8 cm³/mol. The Hall–Kier alpha value is -2.29. The van der Waals surface area contributed by atoms with Gasteiger partial charge in [0.1, 0.15) is 6.61 Å². The first-order valence-electron chi connectivity index (χ1n) is 6.50. The van der Waals surface area contributed by atoms with Crippen molar-refractivity contribution in [3.63, 3.8) is 0 Å². The molecule has 5 heteroatoms. The van der Waals surface area contributed by atoms with Crippen LogP contribution in [0, 0.1) is 11.8 Å². The van der Waals surface area contributed by atoms with E-state index in [1.54, 1.807) is 0 Å². The first-order chi connectivity index (χ1) is 10.3. The van der Waals surface area contributed by atoms with Crippen LogP contribution in [0.2, 0.25) is 0 Å². The van der Waals surface area contributed by atoms with Crippen molar-refractivity contribution < 1.29 is 9.90 Å². The van der Waals surface area contributed by atoms with E-state index in [9.17, 15) is 4.79 Å². The van der Waals surface area contributed by atoms with Gasteiger partial charge < -0.3 is 15.7 Å². The molecular formula is C16H16N2O2S. The molecule has 2 aromatic rings. The van der Waals surface area contributed by atoms with Crippen molar-refractivity contribution in [3.8, 4) is 11.8 Å². The van der Waals surface area contributed by atoms with Gasteiger partial charge >= 0.3 is 6.03 Å². The van der Waals surface area contributed by atoms with Gasteiger partial charge in [-0.25, -0.2) is 4.79 Å². The number of hydrogen-bond acceptors (Lipinski definition) is 3. The summed E-state index contributed by atoms with van der Waals surface area (Å²) >= 11 is 1.53. The van der Waals surface area contributed by atoms with E-state index in [2.05, 4.69) is 22.5 Å². The predicted octanol–water partition coefficient (Wildman–Crippen LogP) is 2.09. The third-order valence-electron chi connectivity index (χ3n) is 2.68. The summed E-state index contributed by atoms with van der Waals surface area (Å²) < 4.78 is 0. The molecule has 0 aliphatic rings. The summed E-state index contributed by atoms with van der Waals surface area (Å²) in [6.45, 7) is 0.821. The standard InChI is InChI=1S/C16H16N2O2S/c19-8-4-7-14-9-15(21-12-14)11-18-16(20)17-10-13-5-2-1-3-6-13/h1-3,5-6,9,12,19H,8,10-11H2,(H2,17,18,20). The molecule has 21 heavy (non-hydrogen) atoms. The maximum Gasteiger partial charge on any atom is 0.315 e. The van der Waals surface area contributed by atoms with E-state index in [0.717, 1.165) is 16.0 Å². The maximum atomic E-state index is 11.7. The molecule has 2 amide bonds. The third-order valence-corrected chi connectivity index (χ3v) is 3.62. The minimum Gasteiger partial charge on any atom is -0.384 e. The summed E-state index contributed by atoms with van der Waals surface area (Å²) in [7, 11) is 0. The van der Waals surface area contributed by atoms with Crippen LogP contribution in [0.5, 0.6) is 0 Å². The van der Waals surface area contributed by atoms with Crippen molar-refractivity contribution in [2.45, 2.75) is 13.1 Å². The topological polar surface area (TPSA) is 61.4 Å². The van der Waals surface area contributed by atoms with Crippen molar-refractivity contribution in [2.75, 3.05) is 6.61 Å². The average molecular weight is 300 g/mol. The molecule has 1 aromatic heterocycles. The Morgan fingerprint density at radius 3 is 2.71 bits per heavy atom. The van der Waals surface area contributed by atoms with Crippen LogP contribution in [0.1, 0.15) is 16.0 Å². The van der Waals surface area contributed by atoms with Crippen LogP contribution in [-0.4, -0.2) is 17.7 Å². The quantitative estimate of drug-likeness (QED) is 0.757. The van der Waals surface area contributed by atoms with E-state index in [4.69, 9.17) is 5.11 Å². The molecule has 0 radical (unpaired) electrons. The summed E-state index contributed by atoms with van der Waals surface area (Å²) in [5.74, 6) is 5.42. The molecule has 0 atom stereocenters. The first kappa shape index (κ1) is 15.1. The zero-order chi connectivity index (χ0) is 14.9. The van der Waals surface area contributed by atoms with Gasteiger partial charge in [-0.2, -0.15) is 0 Å². The average Bonchev–Trinajstić information content (AvgIpc) is 2.98. The lowest BCUT2D eigenvalue weighted by atomic mass is 10.2. The molecule has 0 aliphatic heterocycles. The van der Waals surface area contributed by atoms with Gasteiger partial charge in [0.15, 0.2) is 0 Å². The Balaban J connectivity index is 1.75. The Morgan fingerprint density at radius 1 is 1.19 bits per heavy atom. The van der Waals surface area contributed by atoms with Crippen molar-refractivity contribution in [2.24, 2.45) is 0 Å². The van der Waals surface area contributed by atoms with Gasteiger partial charge in [0.25, 0.3) is 0 Å². The van der Waals surface area contributed by atoms with Crippen molar-refractivity contribution >= 4 is 17.4 Å². The summed E-state index contributed by atoms with van der Waals surface area (Å²) in [5, 5.41) is 16.1. The van der Waals surface area contributed by atoms with Gasteiger partial charge in [-0.05, 0) is 11.6 Å². The Labute approximate surface area is 127 Å². The van der Waals surface area contributed by atoms with Crippen molar-refractivity contribution in [1.82, 2.24) is 10.6 Å². The number of urea groups is 1.